The molecule has 0 amide bonds. The predicted molar refractivity (Wildman–Crippen MR) is 61.1 cm³/mol. The second-order valence-corrected chi connectivity index (χ2v) is 3.15. The number of Topliss-reactive ketones (excluding diaryl/α,β-unsaturated/α-hetero) is 1. The van der Waals surface area contributed by atoms with Gasteiger partial charge >= 0.3 is 0 Å². The molecule has 0 aliphatic carbocycles. The highest BCUT2D eigenvalue weighted by molar-refractivity contribution is 5.95. The zero-order valence-electron chi connectivity index (χ0n) is 8.99. The van der Waals surface area contributed by atoms with Crippen LogP contribution in [0, 0.1) is 0 Å². The van der Waals surface area contributed by atoms with Gasteiger partial charge in [-0.3, -0.25) is 4.79 Å². The Balaban J connectivity index is 3.13. The molecule has 0 atom stereocenters. The Hall–Kier alpha value is -1.61. The first kappa shape index (κ1) is 11.5. The van der Waals surface area contributed by atoms with Crippen LogP contribution in [0.25, 0.3) is 6.08 Å². The van der Waals surface area contributed by atoms with E-state index in [-0.39, 0.29) is 5.78 Å². The maximum Gasteiger partial charge on any atom is 0.159 e. The number of benzene rings is 1. The minimum Gasteiger partial charge on any atom is -0.496 e. The van der Waals surface area contributed by atoms with Crippen LogP contribution in [0.1, 0.15) is 22.8 Å². The molecule has 0 fully saturated rings. The summed E-state index contributed by atoms with van der Waals surface area (Å²) >= 11 is 0. The van der Waals surface area contributed by atoms with Gasteiger partial charge in [-0.1, -0.05) is 12.2 Å². The van der Waals surface area contributed by atoms with Gasteiger partial charge < -0.3 is 10.5 Å². The fourth-order valence-corrected chi connectivity index (χ4v) is 1.28. The second kappa shape index (κ2) is 5.32. The minimum atomic E-state index is 0.0417. The molecule has 3 nitrogen and oxygen atoms in total. The SMILES string of the molecule is COc1ccc(C(C)=O)cc1C=CCN. The highest BCUT2D eigenvalue weighted by Gasteiger charge is 2.04. The van der Waals surface area contributed by atoms with Gasteiger partial charge in [0.25, 0.3) is 0 Å². The van der Waals surface area contributed by atoms with Crippen molar-refractivity contribution in [3.8, 4) is 5.75 Å². The van der Waals surface area contributed by atoms with Crippen molar-refractivity contribution in [2.24, 2.45) is 5.73 Å². The summed E-state index contributed by atoms with van der Waals surface area (Å²) in [5, 5.41) is 0. The van der Waals surface area contributed by atoms with Crippen LogP contribution in [0.4, 0.5) is 0 Å². The summed E-state index contributed by atoms with van der Waals surface area (Å²) in [5.74, 6) is 0.782. The molecule has 0 saturated carbocycles. The summed E-state index contributed by atoms with van der Waals surface area (Å²) < 4.78 is 5.17. The lowest BCUT2D eigenvalue weighted by molar-refractivity contribution is 0.101. The molecule has 3 heteroatoms. The molecule has 1 aromatic carbocycles. The lowest BCUT2D eigenvalue weighted by atomic mass is 10.1. The summed E-state index contributed by atoms with van der Waals surface area (Å²) in [6.07, 6.45) is 3.67. The van der Waals surface area contributed by atoms with E-state index in [0.29, 0.717) is 12.1 Å². The first-order valence-electron chi connectivity index (χ1n) is 4.74. The lowest BCUT2D eigenvalue weighted by Gasteiger charge is -2.06. The normalized spacial score (nSPS) is 10.6. The highest BCUT2D eigenvalue weighted by Crippen LogP contribution is 2.21. The molecular weight excluding hydrogens is 190 g/mol. The van der Waals surface area contributed by atoms with Gasteiger partial charge in [0, 0.05) is 17.7 Å². The number of ketones is 1. The fraction of sp³-hybridized carbons (Fsp3) is 0.250. The first-order valence-corrected chi connectivity index (χ1v) is 4.74. The second-order valence-electron chi connectivity index (χ2n) is 3.15. The monoisotopic (exact) mass is 205 g/mol. The van der Waals surface area contributed by atoms with E-state index in [1.165, 1.54) is 6.92 Å². The van der Waals surface area contributed by atoms with E-state index in [0.717, 1.165) is 11.3 Å². The van der Waals surface area contributed by atoms with E-state index in [9.17, 15) is 4.79 Å². The molecule has 1 aromatic rings. The average molecular weight is 205 g/mol. The Bertz CT molecular complexity index is 383. The maximum atomic E-state index is 11.2. The van der Waals surface area contributed by atoms with E-state index in [1.54, 1.807) is 25.3 Å². The molecule has 0 radical (unpaired) electrons. The lowest BCUT2D eigenvalue weighted by Crippen LogP contribution is -1.96. The van der Waals surface area contributed by atoms with Crippen LogP contribution in [-0.2, 0) is 0 Å². The number of hydrogen-bond acceptors (Lipinski definition) is 3. The van der Waals surface area contributed by atoms with E-state index < -0.39 is 0 Å². The molecule has 0 aliphatic rings. The van der Waals surface area contributed by atoms with Crippen molar-refractivity contribution in [2.75, 3.05) is 13.7 Å². The Morgan fingerprint density at radius 2 is 2.27 bits per heavy atom. The van der Waals surface area contributed by atoms with Crippen LogP contribution in [0.2, 0.25) is 0 Å². The third-order valence-corrected chi connectivity index (χ3v) is 2.07. The van der Waals surface area contributed by atoms with Gasteiger partial charge in [0.05, 0.1) is 7.11 Å². The van der Waals surface area contributed by atoms with E-state index in [4.69, 9.17) is 10.5 Å². The van der Waals surface area contributed by atoms with Crippen molar-refractivity contribution in [3.63, 3.8) is 0 Å². The average Bonchev–Trinajstić information content (AvgIpc) is 2.25. The van der Waals surface area contributed by atoms with Gasteiger partial charge in [0.2, 0.25) is 0 Å². The van der Waals surface area contributed by atoms with Crippen molar-refractivity contribution in [1.29, 1.82) is 0 Å². The zero-order chi connectivity index (χ0) is 11.3. The number of nitrogens with two attached hydrogens (primary N) is 1. The third-order valence-electron chi connectivity index (χ3n) is 2.07. The van der Waals surface area contributed by atoms with E-state index >= 15 is 0 Å². The summed E-state index contributed by atoms with van der Waals surface area (Å²) in [7, 11) is 1.60. The molecule has 0 aliphatic heterocycles. The maximum absolute atomic E-state index is 11.2. The quantitative estimate of drug-likeness (QED) is 0.763. The van der Waals surface area contributed by atoms with Crippen LogP contribution < -0.4 is 10.5 Å². The number of hydrogen-bond donors (Lipinski definition) is 1. The smallest absolute Gasteiger partial charge is 0.159 e. The van der Waals surface area contributed by atoms with Crippen molar-refractivity contribution in [1.82, 2.24) is 0 Å². The highest BCUT2D eigenvalue weighted by atomic mass is 16.5. The number of methoxy groups -OCH3 is 1. The van der Waals surface area contributed by atoms with Crippen molar-refractivity contribution in [3.05, 3.63) is 35.4 Å². The molecule has 0 bridgehead atoms. The third kappa shape index (κ3) is 2.92. The van der Waals surface area contributed by atoms with Crippen LogP contribution in [0.5, 0.6) is 5.75 Å². The van der Waals surface area contributed by atoms with Crippen LogP contribution in [0.15, 0.2) is 24.3 Å². The van der Waals surface area contributed by atoms with E-state index in [2.05, 4.69) is 0 Å². The van der Waals surface area contributed by atoms with Crippen LogP contribution in [0.3, 0.4) is 0 Å². The van der Waals surface area contributed by atoms with Gasteiger partial charge in [-0.2, -0.15) is 0 Å². The largest absolute Gasteiger partial charge is 0.496 e. The van der Waals surface area contributed by atoms with Gasteiger partial charge in [-0.05, 0) is 25.1 Å². The van der Waals surface area contributed by atoms with Gasteiger partial charge in [0.15, 0.2) is 5.78 Å². The van der Waals surface area contributed by atoms with Gasteiger partial charge in [0.1, 0.15) is 5.75 Å². The predicted octanol–water partition coefficient (Wildman–Crippen LogP) is 1.87. The Kier molecular flexibility index (Phi) is 4.06. The van der Waals surface area contributed by atoms with Gasteiger partial charge in [-0.15, -0.1) is 0 Å². The standard InChI is InChI=1S/C12H15NO2/c1-9(14)10-5-6-12(15-2)11(8-10)4-3-7-13/h3-6,8H,7,13H2,1-2H3. The van der Waals surface area contributed by atoms with Crippen LogP contribution in [-0.4, -0.2) is 19.4 Å². The summed E-state index contributed by atoms with van der Waals surface area (Å²) in [4.78, 5) is 11.2. The topological polar surface area (TPSA) is 52.3 Å². The summed E-state index contributed by atoms with van der Waals surface area (Å²) in [6.45, 7) is 2.01. The fourth-order valence-electron chi connectivity index (χ4n) is 1.28. The van der Waals surface area contributed by atoms with Gasteiger partial charge in [-0.25, -0.2) is 0 Å². The molecule has 0 spiro atoms. The van der Waals surface area contributed by atoms with Crippen molar-refractivity contribution in [2.45, 2.75) is 6.92 Å². The Morgan fingerprint density at radius 1 is 1.53 bits per heavy atom. The molecule has 0 aromatic heterocycles. The molecule has 0 heterocycles. The molecule has 2 N–H and O–H groups in total. The summed E-state index contributed by atoms with van der Waals surface area (Å²) in [5.41, 5.74) is 6.92. The first-order chi connectivity index (χ1) is 7.19. The minimum absolute atomic E-state index is 0.0417. The number of carbonyl (C=O) groups is 1. The number of ether oxygens (including phenoxy) is 1. The summed E-state index contributed by atoms with van der Waals surface area (Å²) in [6, 6.07) is 5.33. The molecule has 80 valence electrons. The molecule has 0 saturated heterocycles. The van der Waals surface area contributed by atoms with Crippen molar-refractivity contribution >= 4 is 11.9 Å². The molecule has 0 unspecified atom stereocenters. The Labute approximate surface area is 89.5 Å². The number of rotatable bonds is 4. The molecular formula is C12H15NO2. The van der Waals surface area contributed by atoms with Crippen molar-refractivity contribution < 1.29 is 9.53 Å². The van der Waals surface area contributed by atoms with Crippen LogP contribution >= 0.6 is 0 Å². The molecule has 15 heavy (non-hydrogen) atoms. The van der Waals surface area contributed by atoms with E-state index in [1.807, 2.05) is 12.2 Å². The Morgan fingerprint density at radius 3 is 2.80 bits per heavy atom. The molecule has 1 rings (SSSR count). The number of carbonyl (C=O) groups excluding carboxylic acids is 1. The zero-order valence-corrected chi connectivity index (χ0v) is 8.99.